The van der Waals surface area contributed by atoms with Crippen LogP contribution in [0.3, 0.4) is 0 Å². The first-order valence-corrected chi connectivity index (χ1v) is 6.11. The molecule has 0 aliphatic rings. The normalized spacial score (nSPS) is 10.8. The molecule has 0 radical (unpaired) electrons. The maximum atomic E-state index is 13.7. The molecule has 0 bridgehead atoms. The highest BCUT2D eigenvalue weighted by Gasteiger charge is 2.13. The van der Waals surface area contributed by atoms with Gasteiger partial charge in [-0.05, 0) is 29.7 Å². The molecule has 1 aromatic carbocycles. The number of ether oxygens (including phenoxy) is 1. The molecule has 0 amide bonds. The average molecular weight is 260 g/mol. The lowest BCUT2D eigenvalue weighted by Crippen LogP contribution is -2.01. The van der Waals surface area contributed by atoms with Crippen LogP contribution in [-0.4, -0.2) is 12.1 Å². The van der Waals surface area contributed by atoms with Gasteiger partial charge in [-0.2, -0.15) is 0 Å². The van der Waals surface area contributed by atoms with Crippen LogP contribution in [0.5, 0.6) is 5.75 Å². The highest BCUT2D eigenvalue weighted by atomic mass is 19.1. The minimum absolute atomic E-state index is 0.160. The second kappa shape index (κ2) is 5.26. The van der Waals surface area contributed by atoms with Crippen LogP contribution >= 0.6 is 0 Å². The molecule has 100 valence electrons. The summed E-state index contributed by atoms with van der Waals surface area (Å²) in [7, 11) is 1.56. The fraction of sp³-hybridized carbons (Fsp3) is 0.267. The van der Waals surface area contributed by atoms with Crippen LogP contribution in [0.15, 0.2) is 30.6 Å². The summed E-state index contributed by atoms with van der Waals surface area (Å²) in [5.74, 6) is 0.482. The second-order valence-electron chi connectivity index (χ2n) is 4.72. The zero-order valence-corrected chi connectivity index (χ0v) is 11.3. The first-order valence-electron chi connectivity index (χ1n) is 6.11. The van der Waals surface area contributed by atoms with Gasteiger partial charge in [0.1, 0.15) is 11.6 Å². The summed E-state index contributed by atoms with van der Waals surface area (Å²) in [4.78, 5) is 4.07. The van der Waals surface area contributed by atoms with Crippen molar-refractivity contribution in [3.05, 3.63) is 42.0 Å². The Morgan fingerprint density at radius 2 is 1.95 bits per heavy atom. The number of hydrogen-bond donors (Lipinski definition) is 1. The van der Waals surface area contributed by atoms with E-state index in [0.29, 0.717) is 17.0 Å². The third-order valence-corrected chi connectivity index (χ3v) is 3.06. The summed E-state index contributed by atoms with van der Waals surface area (Å²) in [6.45, 7) is 3.97. The van der Waals surface area contributed by atoms with E-state index in [9.17, 15) is 4.39 Å². The lowest BCUT2D eigenvalue weighted by atomic mass is 9.95. The van der Waals surface area contributed by atoms with Crippen molar-refractivity contribution in [1.82, 2.24) is 4.98 Å². The quantitative estimate of drug-likeness (QED) is 0.858. The number of methoxy groups -OCH3 is 1. The van der Waals surface area contributed by atoms with Crippen LogP contribution in [0.25, 0.3) is 11.1 Å². The number of nitrogens with two attached hydrogens (primary N) is 1. The average Bonchev–Trinajstić information content (AvgIpc) is 2.40. The van der Waals surface area contributed by atoms with Crippen molar-refractivity contribution in [3.63, 3.8) is 0 Å². The van der Waals surface area contributed by atoms with Gasteiger partial charge in [0.15, 0.2) is 0 Å². The van der Waals surface area contributed by atoms with Gasteiger partial charge in [-0.3, -0.25) is 4.98 Å². The number of benzene rings is 1. The molecule has 0 fully saturated rings. The molecule has 3 nitrogen and oxygen atoms in total. The Labute approximate surface area is 112 Å². The Morgan fingerprint density at radius 1 is 1.21 bits per heavy atom. The molecular weight excluding hydrogens is 243 g/mol. The molecule has 2 rings (SSSR count). The number of aromatic nitrogens is 1. The Bertz CT molecular complexity index is 597. The zero-order chi connectivity index (χ0) is 14.0. The summed E-state index contributed by atoms with van der Waals surface area (Å²) in [6, 6.07) is 4.71. The standard InChI is InChI=1S/C15H17FN2O/c1-9(2)13-5-11(16)6-14(15(13)17)10-4-12(19-3)8-18-7-10/h4-9H,17H2,1-3H3. The van der Waals surface area contributed by atoms with Crippen molar-refractivity contribution in [3.8, 4) is 16.9 Å². The smallest absolute Gasteiger partial charge is 0.137 e. The third kappa shape index (κ3) is 2.67. The molecule has 2 N–H and O–H groups in total. The molecule has 0 aliphatic carbocycles. The molecule has 0 saturated heterocycles. The summed E-state index contributed by atoms with van der Waals surface area (Å²) in [5.41, 5.74) is 8.93. The van der Waals surface area contributed by atoms with Crippen LogP contribution < -0.4 is 10.5 Å². The molecule has 1 aromatic heterocycles. The van der Waals surface area contributed by atoms with Crippen molar-refractivity contribution in [2.45, 2.75) is 19.8 Å². The molecule has 0 saturated carbocycles. The van der Waals surface area contributed by atoms with Crippen molar-refractivity contribution in [2.75, 3.05) is 12.8 Å². The monoisotopic (exact) mass is 260 g/mol. The third-order valence-electron chi connectivity index (χ3n) is 3.06. The number of nitrogens with zero attached hydrogens (tertiary/aromatic N) is 1. The number of rotatable bonds is 3. The van der Waals surface area contributed by atoms with E-state index in [-0.39, 0.29) is 11.7 Å². The van der Waals surface area contributed by atoms with Crippen molar-refractivity contribution < 1.29 is 9.13 Å². The van der Waals surface area contributed by atoms with E-state index in [4.69, 9.17) is 10.5 Å². The minimum Gasteiger partial charge on any atom is -0.495 e. The second-order valence-corrected chi connectivity index (χ2v) is 4.72. The van der Waals surface area contributed by atoms with E-state index in [1.54, 1.807) is 25.6 Å². The molecule has 19 heavy (non-hydrogen) atoms. The van der Waals surface area contributed by atoms with Gasteiger partial charge >= 0.3 is 0 Å². The summed E-state index contributed by atoms with van der Waals surface area (Å²) in [6.07, 6.45) is 3.25. The number of pyridine rings is 1. The van der Waals surface area contributed by atoms with Gasteiger partial charge in [0.2, 0.25) is 0 Å². The van der Waals surface area contributed by atoms with Crippen LogP contribution in [0, 0.1) is 5.82 Å². The van der Waals surface area contributed by atoms with Gasteiger partial charge in [-0.15, -0.1) is 0 Å². The fourth-order valence-electron chi connectivity index (χ4n) is 2.03. The Kier molecular flexibility index (Phi) is 3.69. The Balaban J connectivity index is 2.61. The van der Waals surface area contributed by atoms with Crippen molar-refractivity contribution in [1.29, 1.82) is 0 Å². The van der Waals surface area contributed by atoms with E-state index in [0.717, 1.165) is 11.1 Å². The summed E-state index contributed by atoms with van der Waals surface area (Å²) < 4.78 is 18.9. The number of halogens is 1. The maximum Gasteiger partial charge on any atom is 0.137 e. The zero-order valence-electron chi connectivity index (χ0n) is 11.3. The summed E-state index contributed by atoms with van der Waals surface area (Å²) >= 11 is 0. The van der Waals surface area contributed by atoms with Crippen LogP contribution in [0.2, 0.25) is 0 Å². The molecule has 1 heterocycles. The molecule has 0 atom stereocenters. The van der Waals surface area contributed by atoms with Gasteiger partial charge in [-0.1, -0.05) is 13.8 Å². The highest BCUT2D eigenvalue weighted by molar-refractivity contribution is 5.79. The van der Waals surface area contributed by atoms with Crippen molar-refractivity contribution >= 4 is 5.69 Å². The lowest BCUT2D eigenvalue weighted by molar-refractivity contribution is 0.413. The lowest BCUT2D eigenvalue weighted by Gasteiger charge is -2.14. The number of nitrogen functional groups attached to an aromatic ring is 1. The highest BCUT2D eigenvalue weighted by Crippen LogP contribution is 2.34. The topological polar surface area (TPSA) is 48.1 Å². The molecule has 2 aromatic rings. The molecule has 0 aliphatic heterocycles. The first kappa shape index (κ1) is 13.3. The van der Waals surface area contributed by atoms with E-state index >= 15 is 0 Å². The van der Waals surface area contributed by atoms with Gasteiger partial charge in [0.05, 0.1) is 13.3 Å². The summed E-state index contributed by atoms with van der Waals surface area (Å²) in [5, 5.41) is 0. The molecule has 0 unspecified atom stereocenters. The number of hydrogen-bond acceptors (Lipinski definition) is 3. The SMILES string of the molecule is COc1cncc(-c2cc(F)cc(C(C)C)c2N)c1. The molecular formula is C15H17FN2O. The number of anilines is 1. The molecule has 0 spiro atoms. The van der Waals surface area contributed by atoms with Crippen LogP contribution in [0.1, 0.15) is 25.3 Å². The molecule has 4 heteroatoms. The Morgan fingerprint density at radius 3 is 2.58 bits per heavy atom. The van der Waals surface area contributed by atoms with Gasteiger partial charge in [0, 0.05) is 23.0 Å². The van der Waals surface area contributed by atoms with E-state index in [1.165, 1.54) is 12.1 Å². The maximum absolute atomic E-state index is 13.7. The minimum atomic E-state index is -0.296. The fourth-order valence-corrected chi connectivity index (χ4v) is 2.03. The van der Waals surface area contributed by atoms with E-state index in [1.807, 2.05) is 13.8 Å². The van der Waals surface area contributed by atoms with Gasteiger partial charge in [-0.25, -0.2) is 4.39 Å². The predicted molar refractivity (Wildman–Crippen MR) is 74.7 cm³/mol. The van der Waals surface area contributed by atoms with Crippen LogP contribution in [-0.2, 0) is 0 Å². The largest absolute Gasteiger partial charge is 0.495 e. The van der Waals surface area contributed by atoms with E-state index in [2.05, 4.69) is 4.98 Å². The first-order chi connectivity index (χ1) is 9.02. The van der Waals surface area contributed by atoms with Gasteiger partial charge in [0.25, 0.3) is 0 Å². The van der Waals surface area contributed by atoms with Crippen LogP contribution in [0.4, 0.5) is 10.1 Å². The van der Waals surface area contributed by atoms with Gasteiger partial charge < -0.3 is 10.5 Å². The Hall–Kier alpha value is -2.10. The predicted octanol–water partition coefficient (Wildman–Crippen LogP) is 3.60. The van der Waals surface area contributed by atoms with E-state index < -0.39 is 0 Å². The van der Waals surface area contributed by atoms with Crippen molar-refractivity contribution in [2.24, 2.45) is 0 Å².